The van der Waals surface area contributed by atoms with Crippen molar-refractivity contribution < 1.29 is 14.3 Å². The highest BCUT2D eigenvalue weighted by Gasteiger charge is 2.58. The molecule has 1 aliphatic heterocycles. The summed E-state index contributed by atoms with van der Waals surface area (Å²) in [6.07, 6.45) is 5.00. The molecule has 2 rings (SSSR count). The van der Waals surface area contributed by atoms with Gasteiger partial charge in [-0.25, -0.2) is 9.69 Å². The summed E-state index contributed by atoms with van der Waals surface area (Å²) in [6.45, 7) is 2.46. The number of imide groups is 1. The van der Waals surface area contributed by atoms with Crippen molar-refractivity contribution in [3.63, 3.8) is 0 Å². The fraction of sp³-hybridized carbons (Fsp3) is 0.818. The average molecular weight is 211 g/mol. The Kier molecular flexibility index (Phi) is 2.67. The minimum Gasteiger partial charge on any atom is -0.449 e. The maximum atomic E-state index is 11.6. The highest BCUT2D eigenvalue weighted by molar-refractivity contribution is 5.99. The molecule has 0 atom stereocenters. The summed E-state index contributed by atoms with van der Waals surface area (Å²) in [5, 5.41) is 0. The maximum Gasteiger partial charge on any atom is 0.417 e. The SMILES string of the molecule is CCCCOC(=O)N1C(=O)CC12CCC2. The summed E-state index contributed by atoms with van der Waals surface area (Å²) in [7, 11) is 0. The Labute approximate surface area is 89.6 Å². The zero-order valence-electron chi connectivity index (χ0n) is 9.12. The van der Waals surface area contributed by atoms with Gasteiger partial charge in [0.05, 0.1) is 18.6 Å². The van der Waals surface area contributed by atoms with Crippen LogP contribution in [0.1, 0.15) is 45.4 Å². The first-order chi connectivity index (χ1) is 7.19. The zero-order valence-corrected chi connectivity index (χ0v) is 9.12. The Bertz CT molecular complexity index is 284. The van der Waals surface area contributed by atoms with Crippen molar-refractivity contribution in [3.05, 3.63) is 0 Å². The quantitative estimate of drug-likeness (QED) is 0.530. The molecule has 2 fully saturated rings. The third-order valence-electron chi connectivity index (χ3n) is 3.39. The highest BCUT2D eigenvalue weighted by atomic mass is 16.6. The smallest absolute Gasteiger partial charge is 0.417 e. The van der Waals surface area contributed by atoms with Crippen LogP contribution in [-0.2, 0) is 9.53 Å². The third kappa shape index (κ3) is 1.62. The summed E-state index contributed by atoms with van der Waals surface area (Å²) in [4.78, 5) is 24.3. The molecule has 1 aliphatic carbocycles. The van der Waals surface area contributed by atoms with Gasteiger partial charge in [0.25, 0.3) is 0 Å². The van der Waals surface area contributed by atoms with Crippen LogP contribution in [0.4, 0.5) is 4.79 Å². The number of carbonyl (C=O) groups is 2. The number of β-lactam (4-membered cyclic amide) rings is 1. The second-order valence-electron chi connectivity index (χ2n) is 4.45. The lowest BCUT2D eigenvalue weighted by molar-refractivity contribution is -0.160. The van der Waals surface area contributed by atoms with Crippen LogP contribution in [-0.4, -0.2) is 29.0 Å². The summed E-state index contributed by atoms with van der Waals surface area (Å²) in [6, 6.07) is 0. The first-order valence-corrected chi connectivity index (χ1v) is 5.69. The normalized spacial score (nSPS) is 22.2. The number of hydrogen-bond donors (Lipinski definition) is 0. The van der Waals surface area contributed by atoms with E-state index in [-0.39, 0.29) is 11.4 Å². The molecule has 2 aliphatic rings. The largest absolute Gasteiger partial charge is 0.449 e. The van der Waals surface area contributed by atoms with Crippen LogP contribution in [0.5, 0.6) is 0 Å². The Hall–Kier alpha value is -1.06. The molecule has 2 amide bonds. The molecule has 1 heterocycles. The van der Waals surface area contributed by atoms with Crippen LogP contribution in [0.3, 0.4) is 0 Å². The highest BCUT2D eigenvalue weighted by Crippen LogP contribution is 2.48. The molecule has 4 nitrogen and oxygen atoms in total. The fourth-order valence-corrected chi connectivity index (χ4v) is 2.26. The van der Waals surface area contributed by atoms with Gasteiger partial charge in [-0.3, -0.25) is 4.79 Å². The second kappa shape index (κ2) is 3.83. The monoisotopic (exact) mass is 211 g/mol. The fourth-order valence-electron chi connectivity index (χ4n) is 2.26. The molecule has 0 radical (unpaired) electrons. The first-order valence-electron chi connectivity index (χ1n) is 5.69. The van der Waals surface area contributed by atoms with Gasteiger partial charge in [0.1, 0.15) is 0 Å². The molecule has 0 N–H and O–H groups in total. The van der Waals surface area contributed by atoms with Gasteiger partial charge in [0.2, 0.25) is 5.91 Å². The molecule has 0 unspecified atom stereocenters. The molecule has 1 saturated heterocycles. The first kappa shape index (κ1) is 10.5. The minimum atomic E-state index is -0.431. The van der Waals surface area contributed by atoms with Gasteiger partial charge < -0.3 is 4.74 Å². The van der Waals surface area contributed by atoms with Crippen LogP contribution in [0.15, 0.2) is 0 Å². The van der Waals surface area contributed by atoms with Crippen LogP contribution < -0.4 is 0 Å². The van der Waals surface area contributed by atoms with Gasteiger partial charge in [-0.15, -0.1) is 0 Å². The Balaban J connectivity index is 1.86. The van der Waals surface area contributed by atoms with Crippen molar-refractivity contribution in [3.8, 4) is 0 Å². The van der Waals surface area contributed by atoms with E-state index in [9.17, 15) is 9.59 Å². The van der Waals surface area contributed by atoms with Crippen molar-refractivity contribution >= 4 is 12.0 Å². The number of rotatable bonds is 3. The number of nitrogens with zero attached hydrogens (tertiary/aromatic N) is 1. The van der Waals surface area contributed by atoms with Crippen LogP contribution in [0.2, 0.25) is 0 Å². The molecule has 0 aromatic carbocycles. The second-order valence-corrected chi connectivity index (χ2v) is 4.45. The lowest BCUT2D eigenvalue weighted by atomic mass is 9.67. The predicted molar refractivity (Wildman–Crippen MR) is 54.3 cm³/mol. The van der Waals surface area contributed by atoms with E-state index in [1.807, 2.05) is 6.92 Å². The topological polar surface area (TPSA) is 46.6 Å². The number of likely N-dealkylation sites (tertiary alicyclic amines) is 1. The number of amides is 2. The molecule has 1 spiro atoms. The van der Waals surface area contributed by atoms with Gasteiger partial charge in [0, 0.05) is 0 Å². The van der Waals surface area contributed by atoms with Gasteiger partial charge in [-0.2, -0.15) is 0 Å². The van der Waals surface area contributed by atoms with E-state index in [0.717, 1.165) is 32.1 Å². The van der Waals surface area contributed by atoms with E-state index in [4.69, 9.17) is 4.74 Å². The summed E-state index contributed by atoms with van der Waals surface area (Å²) >= 11 is 0. The Morgan fingerprint density at radius 3 is 2.73 bits per heavy atom. The van der Waals surface area contributed by atoms with Gasteiger partial charge >= 0.3 is 6.09 Å². The minimum absolute atomic E-state index is 0.0730. The van der Waals surface area contributed by atoms with Gasteiger partial charge in [-0.05, 0) is 25.7 Å². The van der Waals surface area contributed by atoms with Crippen molar-refractivity contribution in [2.24, 2.45) is 0 Å². The van der Waals surface area contributed by atoms with Crippen molar-refractivity contribution in [1.29, 1.82) is 0 Å². The van der Waals surface area contributed by atoms with E-state index in [0.29, 0.717) is 13.0 Å². The van der Waals surface area contributed by atoms with Crippen LogP contribution in [0.25, 0.3) is 0 Å². The van der Waals surface area contributed by atoms with Gasteiger partial charge in [-0.1, -0.05) is 13.3 Å². The van der Waals surface area contributed by atoms with Crippen molar-refractivity contribution in [1.82, 2.24) is 4.90 Å². The molecule has 4 heteroatoms. The lowest BCUT2D eigenvalue weighted by Crippen LogP contribution is -2.68. The van der Waals surface area contributed by atoms with Crippen LogP contribution in [0, 0.1) is 0 Å². The van der Waals surface area contributed by atoms with E-state index < -0.39 is 6.09 Å². The summed E-state index contributed by atoms with van der Waals surface area (Å²) in [5.74, 6) is -0.0730. The molecule has 0 aromatic heterocycles. The number of unbranched alkanes of at least 4 members (excludes halogenated alkanes) is 1. The molecular formula is C11H17NO3. The predicted octanol–water partition coefficient (Wildman–Crippen LogP) is 2.08. The molecule has 0 bridgehead atoms. The standard InChI is InChI=1S/C11H17NO3/c1-2-3-7-15-10(14)12-9(13)8-11(12)5-4-6-11/h2-8H2,1H3. The van der Waals surface area contributed by atoms with Crippen LogP contribution >= 0.6 is 0 Å². The number of hydrogen-bond acceptors (Lipinski definition) is 3. The molecular weight excluding hydrogens is 194 g/mol. The van der Waals surface area contributed by atoms with E-state index in [1.54, 1.807) is 0 Å². The molecule has 84 valence electrons. The van der Waals surface area contributed by atoms with Gasteiger partial charge in [0.15, 0.2) is 0 Å². The molecule has 1 saturated carbocycles. The molecule has 0 aromatic rings. The van der Waals surface area contributed by atoms with Crippen molar-refractivity contribution in [2.45, 2.75) is 51.0 Å². The third-order valence-corrected chi connectivity index (χ3v) is 3.39. The Morgan fingerprint density at radius 2 is 2.27 bits per heavy atom. The summed E-state index contributed by atoms with van der Waals surface area (Å²) < 4.78 is 5.05. The maximum absolute atomic E-state index is 11.6. The number of carbonyl (C=O) groups excluding carboxylic acids is 2. The number of ether oxygens (including phenoxy) is 1. The molecule has 15 heavy (non-hydrogen) atoms. The van der Waals surface area contributed by atoms with E-state index in [1.165, 1.54) is 4.90 Å². The summed E-state index contributed by atoms with van der Waals surface area (Å²) in [5.41, 5.74) is -0.139. The average Bonchev–Trinajstić information content (AvgIpc) is 2.11. The zero-order chi connectivity index (χ0) is 10.9. The van der Waals surface area contributed by atoms with E-state index >= 15 is 0 Å². The van der Waals surface area contributed by atoms with E-state index in [2.05, 4.69) is 0 Å². The Morgan fingerprint density at radius 1 is 1.53 bits per heavy atom. The lowest BCUT2D eigenvalue weighted by Gasteiger charge is -2.55. The van der Waals surface area contributed by atoms with Crippen molar-refractivity contribution in [2.75, 3.05) is 6.61 Å².